The van der Waals surface area contributed by atoms with Gasteiger partial charge in [0.2, 0.25) is 0 Å². The molecule has 1 saturated carbocycles. The van der Waals surface area contributed by atoms with E-state index >= 15 is 0 Å². The number of aliphatic carboxylic acids is 1. The highest BCUT2D eigenvalue weighted by Crippen LogP contribution is 2.47. The summed E-state index contributed by atoms with van der Waals surface area (Å²) < 4.78 is 0. The van der Waals surface area contributed by atoms with Crippen molar-refractivity contribution in [2.75, 3.05) is 5.73 Å². The lowest BCUT2D eigenvalue weighted by atomic mass is 10.2. The summed E-state index contributed by atoms with van der Waals surface area (Å²) in [5.41, 5.74) is 6.26. The van der Waals surface area contributed by atoms with E-state index in [0.717, 1.165) is 5.69 Å². The summed E-state index contributed by atoms with van der Waals surface area (Å²) in [5.74, 6) is -0.853. The van der Waals surface area contributed by atoms with Gasteiger partial charge in [-0.1, -0.05) is 0 Å². The molecular formula is C7H8N2O2S. The van der Waals surface area contributed by atoms with Crippen LogP contribution in [-0.4, -0.2) is 16.1 Å². The molecule has 1 fully saturated rings. The Bertz CT molecular complexity index is 323. The first-order valence-electron chi connectivity index (χ1n) is 3.62. The number of rotatable bonds is 2. The van der Waals surface area contributed by atoms with Gasteiger partial charge in [-0.15, -0.1) is 11.3 Å². The van der Waals surface area contributed by atoms with Crippen molar-refractivity contribution in [1.82, 2.24) is 4.98 Å². The number of nitrogens with two attached hydrogens (primary N) is 1. The van der Waals surface area contributed by atoms with Gasteiger partial charge in [-0.2, -0.15) is 0 Å². The second-order valence-electron chi connectivity index (χ2n) is 2.90. The van der Waals surface area contributed by atoms with Gasteiger partial charge in [0.25, 0.3) is 0 Å². The molecule has 1 aliphatic carbocycles. The van der Waals surface area contributed by atoms with E-state index in [-0.39, 0.29) is 11.8 Å². The summed E-state index contributed by atoms with van der Waals surface area (Å²) in [5, 5.41) is 11.0. The van der Waals surface area contributed by atoms with E-state index in [2.05, 4.69) is 4.98 Å². The lowest BCUT2D eigenvalue weighted by molar-refractivity contribution is -0.138. The van der Waals surface area contributed by atoms with Crippen LogP contribution in [0.25, 0.3) is 0 Å². The Balaban J connectivity index is 2.10. The summed E-state index contributed by atoms with van der Waals surface area (Å²) in [6.07, 6.45) is 0.707. The van der Waals surface area contributed by atoms with E-state index in [9.17, 15) is 4.79 Å². The summed E-state index contributed by atoms with van der Waals surface area (Å²) in [7, 11) is 0. The SMILES string of the molecule is Nc1nc([C@@H]2C[C@H]2C(=O)O)cs1. The molecule has 1 heterocycles. The van der Waals surface area contributed by atoms with Gasteiger partial charge in [0, 0.05) is 11.3 Å². The van der Waals surface area contributed by atoms with Gasteiger partial charge in [-0.05, 0) is 6.42 Å². The van der Waals surface area contributed by atoms with Crippen LogP contribution in [0.2, 0.25) is 0 Å². The summed E-state index contributed by atoms with van der Waals surface area (Å²) >= 11 is 1.36. The van der Waals surface area contributed by atoms with Gasteiger partial charge in [0.1, 0.15) is 0 Å². The number of hydrogen-bond donors (Lipinski definition) is 2. The van der Waals surface area contributed by atoms with Crippen LogP contribution in [0.3, 0.4) is 0 Å². The molecule has 1 aliphatic rings. The molecule has 0 radical (unpaired) electrons. The zero-order valence-corrected chi connectivity index (χ0v) is 7.04. The van der Waals surface area contributed by atoms with Crippen LogP contribution >= 0.6 is 11.3 Å². The minimum atomic E-state index is -0.730. The molecule has 2 rings (SSSR count). The highest BCUT2D eigenvalue weighted by atomic mass is 32.1. The molecule has 4 nitrogen and oxygen atoms in total. The Hall–Kier alpha value is -1.10. The van der Waals surface area contributed by atoms with Gasteiger partial charge < -0.3 is 10.8 Å². The summed E-state index contributed by atoms with van der Waals surface area (Å²) in [6, 6.07) is 0. The first kappa shape index (κ1) is 7.54. The zero-order chi connectivity index (χ0) is 8.72. The molecule has 0 amide bonds. The smallest absolute Gasteiger partial charge is 0.307 e. The molecule has 12 heavy (non-hydrogen) atoms. The van der Waals surface area contributed by atoms with Crippen LogP contribution in [0.1, 0.15) is 18.0 Å². The van der Waals surface area contributed by atoms with E-state index in [4.69, 9.17) is 10.8 Å². The molecule has 0 bridgehead atoms. The van der Waals surface area contributed by atoms with Crippen molar-refractivity contribution in [2.24, 2.45) is 5.92 Å². The molecule has 0 spiro atoms. The molecule has 0 saturated heterocycles. The number of carbonyl (C=O) groups is 1. The van der Waals surface area contributed by atoms with Gasteiger partial charge in [-0.3, -0.25) is 4.79 Å². The number of carboxylic acids is 1. The summed E-state index contributed by atoms with van der Waals surface area (Å²) in [4.78, 5) is 14.5. The minimum absolute atomic E-state index is 0.107. The minimum Gasteiger partial charge on any atom is -0.481 e. The molecule has 3 N–H and O–H groups in total. The zero-order valence-electron chi connectivity index (χ0n) is 6.23. The van der Waals surface area contributed by atoms with E-state index in [1.807, 2.05) is 5.38 Å². The van der Waals surface area contributed by atoms with Gasteiger partial charge in [0.15, 0.2) is 5.13 Å². The molecule has 5 heteroatoms. The van der Waals surface area contributed by atoms with Crippen LogP contribution in [-0.2, 0) is 4.79 Å². The second kappa shape index (κ2) is 2.45. The highest BCUT2D eigenvalue weighted by molar-refractivity contribution is 7.13. The monoisotopic (exact) mass is 184 g/mol. The number of nitrogens with zero attached hydrogens (tertiary/aromatic N) is 1. The Morgan fingerprint density at radius 2 is 2.58 bits per heavy atom. The largest absolute Gasteiger partial charge is 0.481 e. The fraction of sp³-hybridized carbons (Fsp3) is 0.429. The highest BCUT2D eigenvalue weighted by Gasteiger charge is 2.45. The predicted octanol–water partition coefficient (Wildman–Crippen LogP) is 0.913. The number of carboxylic acid groups (broad SMARTS) is 1. The number of thiazole rings is 1. The first-order chi connectivity index (χ1) is 5.68. The normalized spacial score (nSPS) is 27.0. The average Bonchev–Trinajstić information content (AvgIpc) is 2.70. The summed E-state index contributed by atoms with van der Waals surface area (Å²) in [6.45, 7) is 0. The van der Waals surface area contributed by atoms with Gasteiger partial charge in [-0.25, -0.2) is 4.98 Å². The van der Waals surface area contributed by atoms with Crippen LogP contribution in [0.15, 0.2) is 5.38 Å². The Labute approximate surface area is 73.0 Å². The van der Waals surface area contributed by atoms with Crippen LogP contribution < -0.4 is 5.73 Å². The van der Waals surface area contributed by atoms with E-state index in [0.29, 0.717) is 11.6 Å². The maximum atomic E-state index is 10.5. The molecule has 0 aliphatic heterocycles. The van der Waals surface area contributed by atoms with Crippen LogP contribution in [0.5, 0.6) is 0 Å². The van der Waals surface area contributed by atoms with E-state index in [1.165, 1.54) is 11.3 Å². The molecular weight excluding hydrogens is 176 g/mol. The third-order valence-electron chi connectivity index (χ3n) is 2.03. The predicted molar refractivity (Wildman–Crippen MR) is 45.0 cm³/mol. The van der Waals surface area contributed by atoms with E-state index < -0.39 is 5.97 Å². The number of aromatic nitrogens is 1. The molecule has 1 aromatic heterocycles. The second-order valence-corrected chi connectivity index (χ2v) is 3.79. The van der Waals surface area contributed by atoms with Crippen molar-refractivity contribution in [3.05, 3.63) is 11.1 Å². The molecule has 1 aromatic rings. The maximum Gasteiger partial charge on any atom is 0.307 e. The van der Waals surface area contributed by atoms with Gasteiger partial charge >= 0.3 is 5.97 Å². The Kier molecular flexibility index (Phi) is 1.54. The quantitative estimate of drug-likeness (QED) is 0.716. The standard InChI is InChI=1S/C7H8N2O2S/c8-7-9-5(2-12-7)3-1-4(3)6(10)11/h2-4H,1H2,(H2,8,9)(H,10,11)/t3-,4-/m1/s1. The molecule has 0 unspecified atom stereocenters. The van der Waals surface area contributed by atoms with Crippen molar-refractivity contribution < 1.29 is 9.90 Å². The third-order valence-corrected chi connectivity index (χ3v) is 2.72. The molecule has 0 aromatic carbocycles. The molecule has 64 valence electrons. The van der Waals surface area contributed by atoms with Crippen molar-refractivity contribution in [1.29, 1.82) is 0 Å². The third kappa shape index (κ3) is 1.16. The van der Waals surface area contributed by atoms with E-state index in [1.54, 1.807) is 0 Å². The average molecular weight is 184 g/mol. The fourth-order valence-corrected chi connectivity index (χ4v) is 1.89. The van der Waals surface area contributed by atoms with Crippen LogP contribution in [0.4, 0.5) is 5.13 Å². The Morgan fingerprint density at radius 1 is 1.83 bits per heavy atom. The fourth-order valence-electron chi connectivity index (χ4n) is 1.27. The van der Waals surface area contributed by atoms with Crippen molar-refractivity contribution >= 4 is 22.4 Å². The lowest BCUT2D eigenvalue weighted by Crippen LogP contribution is -1.99. The molecule has 2 atom stereocenters. The van der Waals surface area contributed by atoms with Gasteiger partial charge in [0.05, 0.1) is 11.6 Å². The Morgan fingerprint density at radius 3 is 3.00 bits per heavy atom. The number of hydrogen-bond acceptors (Lipinski definition) is 4. The topological polar surface area (TPSA) is 76.2 Å². The van der Waals surface area contributed by atoms with Crippen LogP contribution in [0, 0.1) is 5.92 Å². The number of anilines is 1. The maximum absolute atomic E-state index is 10.5. The number of nitrogen functional groups attached to an aromatic ring is 1. The lowest BCUT2D eigenvalue weighted by Gasteiger charge is -1.88. The first-order valence-corrected chi connectivity index (χ1v) is 4.50. The van der Waals surface area contributed by atoms with Crippen molar-refractivity contribution in [3.63, 3.8) is 0 Å². The van der Waals surface area contributed by atoms with Crippen molar-refractivity contribution in [2.45, 2.75) is 12.3 Å². The van der Waals surface area contributed by atoms with Crippen molar-refractivity contribution in [3.8, 4) is 0 Å².